The van der Waals surface area contributed by atoms with Gasteiger partial charge in [-0.25, -0.2) is 9.80 Å². The van der Waals surface area contributed by atoms with E-state index in [1.807, 2.05) is 93.6 Å². The normalized spacial score (nSPS) is 13.5. The van der Waals surface area contributed by atoms with Crippen molar-refractivity contribution in [2.24, 2.45) is 5.41 Å². The quantitative estimate of drug-likeness (QED) is 0.243. The largest absolute Gasteiger partial charge is 0.453 e. The maximum Gasteiger partial charge on any atom is 0.407 e. The maximum absolute atomic E-state index is 13.5. The molecule has 224 valence electrons. The van der Waals surface area contributed by atoms with E-state index >= 15 is 0 Å². The molecule has 3 rings (SSSR count). The summed E-state index contributed by atoms with van der Waals surface area (Å²) >= 11 is 0. The number of amides is 3. The van der Waals surface area contributed by atoms with Gasteiger partial charge in [-0.3, -0.25) is 20.0 Å². The molecule has 0 aliphatic carbocycles. The number of aliphatic hydroxyl groups is 1. The molecule has 1 heterocycles. The van der Waals surface area contributed by atoms with Crippen molar-refractivity contribution >= 4 is 17.9 Å². The number of pyridine rings is 1. The summed E-state index contributed by atoms with van der Waals surface area (Å²) in [7, 11) is 1.24. The van der Waals surface area contributed by atoms with Gasteiger partial charge in [-0.05, 0) is 35.1 Å². The zero-order valence-corrected chi connectivity index (χ0v) is 24.8. The Morgan fingerprint density at radius 2 is 1.60 bits per heavy atom. The highest BCUT2D eigenvalue weighted by Gasteiger charge is 2.34. The van der Waals surface area contributed by atoms with E-state index in [-0.39, 0.29) is 19.0 Å². The fraction of sp³-hybridized carbons (Fsp3) is 0.375. The lowest BCUT2D eigenvalue weighted by atomic mass is 9.86. The number of aromatic nitrogens is 1. The van der Waals surface area contributed by atoms with E-state index in [4.69, 9.17) is 4.74 Å². The van der Waals surface area contributed by atoms with E-state index in [2.05, 4.69) is 21.0 Å². The van der Waals surface area contributed by atoms with E-state index in [9.17, 15) is 19.5 Å². The lowest BCUT2D eigenvalue weighted by Crippen LogP contribution is -2.59. The number of hydrogen-bond donors (Lipinski definition) is 4. The molecule has 0 bridgehead atoms. The number of hydrazine groups is 1. The average Bonchev–Trinajstić information content (AvgIpc) is 2.95. The minimum absolute atomic E-state index is 0.000595. The molecule has 3 amide bonds. The van der Waals surface area contributed by atoms with Gasteiger partial charge in [0.15, 0.2) is 0 Å². The molecule has 0 fully saturated rings. The van der Waals surface area contributed by atoms with Crippen LogP contribution in [0.1, 0.15) is 38.8 Å². The molecular weight excluding hydrogens is 534 g/mol. The summed E-state index contributed by atoms with van der Waals surface area (Å²) in [4.78, 5) is 42.0. The number of hydrogen-bond acceptors (Lipinski definition) is 7. The minimum atomic E-state index is -1.04. The monoisotopic (exact) mass is 575 g/mol. The molecular formula is C32H41N5O5. The van der Waals surface area contributed by atoms with E-state index in [0.717, 1.165) is 22.4 Å². The Bertz CT molecular complexity index is 1300. The first-order valence-electron chi connectivity index (χ1n) is 13.9. The van der Waals surface area contributed by atoms with Crippen molar-refractivity contribution in [1.29, 1.82) is 0 Å². The summed E-state index contributed by atoms with van der Waals surface area (Å²) in [6.07, 6.45) is 0.368. The van der Waals surface area contributed by atoms with Gasteiger partial charge in [0, 0.05) is 31.8 Å². The summed E-state index contributed by atoms with van der Waals surface area (Å²) < 4.78 is 4.73. The number of carbonyl (C=O) groups is 3. The predicted octanol–water partition coefficient (Wildman–Crippen LogP) is 3.46. The average molecular weight is 576 g/mol. The summed E-state index contributed by atoms with van der Waals surface area (Å²) in [5.74, 6) is -0.741. The number of nitrogens with zero attached hydrogens (tertiary/aromatic N) is 2. The highest BCUT2D eigenvalue weighted by atomic mass is 16.5. The zero-order chi connectivity index (χ0) is 30.7. The molecule has 1 aromatic heterocycles. The third-order valence-electron chi connectivity index (χ3n) is 6.69. The summed E-state index contributed by atoms with van der Waals surface area (Å²) in [6.45, 7) is 7.14. The van der Waals surface area contributed by atoms with Gasteiger partial charge in [-0.1, -0.05) is 81.4 Å². The van der Waals surface area contributed by atoms with Crippen LogP contribution < -0.4 is 16.1 Å². The number of alkyl carbamates (subject to hydrolysis) is 1. The molecule has 0 unspecified atom stereocenters. The molecule has 3 aromatic rings. The lowest BCUT2D eigenvalue weighted by Gasteiger charge is -2.34. The number of nitrogens with one attached hydrogen (secondary N) is 3. The molecule has 0 spiro atoms. The van der Waals surface area contributed by atoms with E-state index in [1.54, 1.807) is 11.2 Å². The molecule has 4 N–H and O–H groups in total. The highest BCUT2D eigenvalue weighted by molar-refractivity contribution is 5.86. The topological polar surface area (TPSA) is 133 Å². The van der Waals surface area contributed by atoms with E-state index < -0.39 is 35.6 Å². The number of aliphatic hydroxyl groups excluding tert-OH is 1. The van der Waals surface area contributed by atoms with Gasteiger partial charge in [0.05, 0.1) is 24.9 Å². The first kappa shape index (κ1) is 32.2. The molecule has 0 radical (unpaired) electrons. The van der Waals surface area contributed by atoms with Crippen LogP contribution in [0.3, 0.4) is 0 Å². The smallest absolute Gasteiger partial charge is 0.407 e. The number of benzene rings is 2. The van der Waals surface area contributed by atoms with Crippen LogP contribution in [0.25, 0.3) is 11.3 Å². The molecule has 0 saturated carbocycles. The Hall–Kier alpha value is -4.28. The summed E-state index contributed by atoms with van der Waals surface area (Å²) in [5, 5.41) is 18.4. The standard InChI is InChI=1S/C32H41N5O5/c1-22(38)34-27(19-23-11-7-6-8-12-23)28(39)21-37(36-30(40)29(32(2,3)4)35-31(41)42-5)20-24-14-16-25(17-15-24)26-13-9-10-18-33-26/h6-18,27-29,39H,19-21H2,1-5H3,(H,34,38)(H,35,41)(H,36,40)/t27-,28+,29+/m0/s1. The molecule has 3 atom stereocenters. The number of carbonyl (C=O) groups excluding carboxylic acids is 3. The Kier molecular flexibility index (Phi) is 11.6. The Morgan fingerprint density at radius 3 is 2.17 bits per heavy atom. The third kappa shape index (κ3) is 9.97. The SMILES string of the molecule is COC(=O)N[C@H](C(=O)NN(Cc1ccc(-c2ccccn2)cc1)C[C@@H](O)[C@H](Cc1ccccc1)NC(C)=O)C(C)(C)C. The Labute approximate surface area is 247 Å². The number of methoxy groups -OCH3 is 1. The predicted molar refractivity (Wildman–Crippen MR) is 161 cm³/mol. The molecule has 10 heteroatoms. The fourth-order valence-corrected chi connectivity index (χ4v) is 4.52. The van der Waals surface area contributed by atoms with Crippen molar-refractivity contribution in [3.8, 4) is 11.3 Å². The first-order valence-corrected chi connectivity index (χ1v) is 13.9. The highest BCUT2D eigenvalue weighted by Crippen LogP contribution is 2.21. The van der Waals surface area contributed by atoms with Crippen molar-refractivity contribution in [1.82, 2.24) is 26.1 Å². The van der Waals surface area contributed by atoms with Crippen LogP contribution in [0.15, 0.2) is 79.0 Å². The van der Waals surface area contributed by atoms with Gasteiger partial charge in [0.25, 0.3) is 5.91 Å². The second-order valence-electron chi connectivity index (χ2n) is 11.3. The van der Waals surface area contributed by atoms with Crippen molar-refractivity contribution in [3.63, 3.8) is 0 Å². The van der Waals surface area contributed by atoms with E-state index in [0.29, 0.717) is 6.42 Å². The Morgan fingerprint density at radius 1 is 0.929 bits per heavy atom. The van der Waals surface area contributed by atoms with Crippen LogP contribution in [0.4, 0.5) is 4.79 Å². The molecule has 42 heavy (non-hydrogen) atoms. The van der Waals surface area contributed by atoms with Crippen LogP contribution in [-0.4, -0.2) is 64.8 Å². The lowest BCUT2D eigenvalue weighted by molar-refractivity contribution is -0.132. The van der Waals surface area contributed by atoms with Gasteiger partial charge in [0.1, 0.15) is 6.04 Å². The van der Waals surface area contributed by atoms with Crippen molar-refractivity contribution in [3.05, 3.63) is 90.1 Å². The molecule has 0 aliphatic rings. The van der Waals surface area contributed by atoms with Gasteiger partial charge in [0.2, 0.25) is 5.91 Å². The Balaban J connectivity index is 1.85. The molecule has 10 nitrogen and oxygen atoms in total. The van der Waals surface area contributed by atoms with E-state index in [1.165, 1.54) is 14.0 Å². The van der Waals surface area contributed by atoms with Gasteiger partial charge in [-0.2, -0.15) is 0 Å². The third-order valence-corrected chi connectivity index (χ3v) is 6.69. The van der Waals surface area contributed by atoms with Crippen molar-refractivity contribution < 1.29 is 24.2 Å². The van der Waals surface area contributed by atoms with Crippen LogP contribution in [0, 0.1) is 5.41 Å². The van der Waals surface area contributed by atoms with Crippen molar-refractivity contribution in [2.75, 3.05) is 13.7 Å². The van der Waals surface area contributed by atoms with Crippen LogP contribution in [0.5, 0.6) is 0 Å². The second kappa shape index (κ2) is 15.1. The minimum Gasteiger partial charge on any atom is -0.453 e. The summed E-state index contributed by atoms with van der Waals surface area (Å²) in [6, 6.07) is 21.5. The van der Waals surface area contributed by atoms with Crippen molar-refractivity contribution in [2.45, 2.75) is 58.8 Å². The van der Waals surface area contributed by atoms with Crippen LogP contribution in [0.2, 0.25) is 0 Å². The maximum atomic E-state index is 13.5. The summed E-state index contributed by atoms with van der Waals surface area (Å²) in [5.41, 5.74) is 5.85. The van der Waals surface area contributed by atoms with Crippen LogP contribution in [-0.2, 0) is 27.3 Å². The molecule has 2 aromatic carbocycles. The molecule has 0 saturated heterocycles. The zero-order valence-electron chi connectivity index (χ0n) is 24.8. The van der Waals surface area contributed by atoms with Gasteiger partial charge < -0.3 is 20.5 Å². The number of ether oxygens (including phenoxy) is 1. The van der Waals surface area contributed by atoms with Gasteiger partial charge in [-0.15, -0.1) is 0 Å². The fourth-order valence-electron chi connectivity index (χ4n) is 4.52. The van der Waals surface area contributed by atoms with Crippen LogP contribution >= 0.6 is 0 Å². The van der Waals surface area contributed by atoms with Gasteiger partial charge >= 0.3 is 6.09 Å². The first-order chi connectivity index (χ1) is 20.0. The second-order valence-corrected chi connectivity index (χ2v) is 11.3. The molecule has 0 aliphatic heterocycles. The number of rotatable bonds is 12.